The average Bonchev–Trinajstić information content (AvgIpc) is 2.97. The van der Waals surface area contributed by atoms with Crippen LogP contribution < -0.4 is 0 Å². The average molecular weight is 429 g/mol. The number of carbonyl (C=O) groups is 1. The third kappa shape index (κ3) is 2.71. The summed E-state index contributed by atoms with van der Waals surface area (Å²) in [7, 11) is 1.76. The van der Waals surface area contributed by atoms with Crippen LogP contribution in [-0.4, -0.2) is 49.9 Å². The van der Waals surface area contributed by atoms with Crippen LogP contribution in [0.25, 0.3) is 0 Å². The number of ketones is 1. The highest BCUT2D eigenvalue weighted by Crippen LogP contribution is 2.69. The second kappa shape index (κ2) is 6.83. The van der Waals surface area contributed by atoms with E-state index in [-0.39, 0.29) is 17.4 Å². The third-order valence-electron chi connectivity index (χ3n) is 10.7. The van der Waals surface area contributed by atoms with E-state index >= 15 is 0 Å². The Bertz CT molecular complexity index is 888. The number of nitrogens with zero attached hydrogens (tertiary/aromatic N) is 4. The molecule has 0 aliphatic heterocycles. The fraction of sp³-hybridized carbons (Fsp3) is 0.917. The number of tetrazole rings is 1. The van der Waals surface area contributed by atoms with E-state index in [4.69, 9.17) is 4.74 Å². The minimum absolute atomic E-state index is 0.0659. The van der Waals surface area contributed by atoms with Crippen molar-refractivity contribution in [3.63, 3.8) is 0 Å². The molecule has 10 atom stereocenters. The Morgan fingerprint density at radius 1 is 1.10 bits per heavy atom. The summed E-state index contributed by atoms with van der Waals surface area (Å²) in [5.74, 6) is 5.09. The van der Waals surface area contributed by atoms with Crippen LogP contribution in [0.3, 0.4) is 0 Å². The van der Waals surface area contributed by atoms with Gasteiger partial charge in [0.2, 0.25) is 0 Å². The summed E-state index contributed by atoms with van der Waals surface area (Å²) in [6, 6.07) is 0. The molecule has 5 aliphatic rings. The molecule has 1 aromatic rings. The predicted molar refractivity (Wildman–Crippen MR) is 113 cm³/mol. The van der Waals surface area contributed by atoms with E-state index in [1.807, 2.05) is 6.92 Å². The molecule has 5 aliphatic carbocycles. The number of carbonyl (C=O) groups excluding carboxylic acids is 1. The van der Waals surface area contributed by atoms with Gasteiger partial charge in [-0.1, -0.05) is 6.92 Å². The third-order valence-corrected chi connectivity index (χ3v) is 10.7. The van der Waals surface area contributed by atoms with Crippen molar-refractivity contribution in [3.05, 3.63) is 5.82 Å². The number of hydrogen-bond donors (Lipinski definition) is 1. The summed E-state index contributed by atoms with van der Waals surface area (Å²) in [5.41, 5.74) is -0.414. The molecule has 0 bridgehead atoms. The van der Waals surface area contributed by atoms with Crippen LogP contribution in [0.15, 0.2) is 0 Å². The topological polar surface area (TPSA) is 90.1 Å². The Hall–Kier alpha value is -1.34. The number of ether oxygens (including phenoxy) is 1. The minimum atomic E-state index is -0.537. The Morgan fingerprint density at radius 2 is 1.84 bits per heavy atom. The monoisotopic (exact) mass is 428 g/mol. The van der Waals surface area contributed by atoms with Crippen LogP contribution in [0.4, 0.5) is 0 Å². The first-order valence-corrected chi connectivity index (χ1v) is 12.4. The van der Waals surface area contributed by atoms with Gasteiger partial charge in [0.25, 0.3) is 0 Å². The van der Waals surface area contributed by atoms with Crippen LogP contribution >= 0.6 is 0 Å². The van der Waals surface area contributed by atoms with E-state index < -0.39 is 5.60 Å². The first-order chi connectivity index (χ1) is 14.9. The maximum atomic E-state index is 13.3. The Kier molecular flexibility index (Phi) is 4.47. The lowest BCUT2D eigenvalue weighted by Crippen LogP contribution is -2.50. The fourth-order valence-electron chi connectivity index (χ4n) is 9.31. The molecule has 31 heavy (non-hydrogen) atoms. The maximum Gasteiger partial charge on any atom is 0.158 e. The van der Waals surface area contributed by atoms with Crippen molar-refractivity contribution < 1.29 is 14.6 Å². The fourth-order valence-corrected chi connectivity index (χ4v) is 9.31. The highest BCUT2D eigenvalue weighted by atomic mass is 16.5. The van der Waals surface area contributed by atoms with E-state index in [0.717, 1.165) is 43.4 Å². The van der Waals surface area contributed by atoms with E-state index in [2.05, 4.69) is 22.4 Å². The number of hydrogen-bond acceptors (Lipinski definition) is 6. The van der Waals surface area contributed by atoms with Gasteiger partial charge in [0.05, 0.1) is 11.7 Å². The van der Waals surface area contributed by atoms with Crippen molar-refractivity contribution in [2.24, 2.45) is 46.8 Å². The van der Waals surface area contributed by atoms with Crippen molar-refractivity contribution in [3.8, 4) is 0 Å². The summed E-state index contributed by atoms with van der Waals surface area (Å²) in [5, 5.41) is 22.6. The zero-order valence-electron chi connectivity index (χ0n) is 19.0. The molecule has 1 heterocycles. The minimum Gasteiger partial charge on any atom is -0.387 e. The van der Waals surface area contributed by atoms with Gasteiger partial charge in [0.15, 0.2) is 5.78 Å². The van der Waals surface area contributed by atoms with Crippen molar-refractivity contribution in [2.75, 3.05) is 7.11 Å². The van der Waals surface area contributed by atoms with Crippen LogP contribution in [0.5, 0.6) is 0 Å². The standard InChI is InChI=1S/C24H36N4O3/c1-13-25-26-27-28(13)12-20(29)19-7-6-18-16-4-5-17-15(14(16)8-10-23(18,19)2)9-11-24(30)21(17)22(24)31-3/h14-19,21-22,30H,4-12H2,1-3H3/t14-,15-,16-,17-,18+,19-,21?,22?,23+,24-/m1/s1. The van der Waals surface area contributed by atoms with Crippen LogP contribution in [-0.2, 0) is 16.1 Å². The molecule has 1 N–H and O–H groups in total. The number of methoxy groups -OCH3 is 1. The molecule has 5 saturated carbocycles. The van der Waals surface area contributed by atoms with Gasteiger partial charge < -0.3 is 9.84 Å². The van der Waals surface area contributed by atoms with Gasteiger partial charge in [0, 0.05) is 18.9 Å². The molecule has 0 saturated heterocycles. The van der Waals surface area contributed by atoms with E-state index in [9.17, 15) is 9.90 Å². The molecule has 5 fully saturated rings. The maximum absolute atomic E-state index is 13.3. The molecule has 0 radical (unpaired) electrons. The predicted octanol–water partition coefficient (Wildman–Crippen LogP) is 2.81. The van der Waals surface area contributed by atoms with Gasteiger partial charge in [-0.05, 0) is 104 Å². The zero-order chi connectivity index (χ0) is 21.5. The van der Waals surface area contributed by atoms with Gasteiger partial charge in [-0.15, -0.1) is 5.10 Å². The lowest BCUT2D eigenvalue weighted by molar-refractivity contribution is -0.131. The molecule has 0 amide bonds. The SMILES string of the molecule is COC1C2[C@@H]3CC[C@@H]4[C@H](CC[C@]5(C)[C@@H](C(=O)Cn6nnnc6C)CC[C@@H]45)[C@H]3CC[C@]12O. The summed E-state index contributed by atoms with van der Waals surface area (Å²) < 4.78 is 7.32. The zero-order valence-corrected chi connectivity index (χ0v) is 19.0. The summed E-state index contributed by atoms with van der Waals surface area (Å²) in [6.07, 6.45) is 9.25. The second-order valence-electron chi connectivity index (χ2n) is 11.6. The van der Waals surface area contributed by atoms with Crippen molar-refractivity contribution >= 4 is 5.78 Å². The van der Waals surface area contributed by atoms with Gasteiger partial charge in [-0.25, -0.2) is 4.68 Å². The van der Waals surface area contributed by atoms with Crippen molar-refractivity contribution in [1.29, 1.82) is 0 Å². The molecular weight excluding hydrogens is 392 g/mol. The van der Waals surface area contributed by atoms with E-state index in [1.165, 1.54) is 25.7 Å². The Balaban J connectivity index is 1.19. The molecule has 2 unspecified atom stereocenters. The van der Waals surface area contributed by atoms with Crippen molar-refractivity contribution in [1.82, 2.24) is 20.2 Å². The normalized spacial score (nSPS) is 50.2. The van der Waals surface area contributed by atoms with Crippen LogP contribution in [0, 0.1) is 53.8 Å². The lowest BCUT2D eigenvalue weighted by atomic mass is 9.49. The first-order valence-electron chi connectivity index (χ1n) is 12.4. The molecule has 0 aromatic carbocycles. The summed E-state index contributed by atoms with van der Waals surface area (Å²) in [6.45, 7) is 4.57. The van der Waals surface area contributed by atoms with Gasteiger partial charge >= 0.3 is 0 Å². The van der Waals surface area contributed by atoms with E-state index in [1.54, 1.807) is 11.8 Å². The number of rotatable bonds is 4. The molecule has 6 rings (SSSR count). The molecular formula is C24H36N4O3. The second-order valence-corrected chi connectivity index (χ2v) is 11.6. The highest BCUT2D eigenvalue weighted by Gasteiger charge is 2.72. The number of aromatic nitrogens is 4. The molecule has 7 heteroatoms. The molecule has 7 nitrogen and oxygen atoms in total. The molecule has 1 aromatic heterocycles. The highest BCUT2D eigenvalue weighted by molar-refractivity contribution is 5.82. The summed E-state index contributed by atoms with van der Waals surface area (Å²) >= 11 is 0. The number of Topliss-reactive ketones (excluding diaryl/α,β-unsaturated/α-hetero) is 1. The summed E-state index contributed by atoms with van der Waals surface area (Å²) in [4.78, 5) is 13.3. The van der Waals surface area contributed by atoms with Crippen LogP contribution in [0.1, 0.15) is 64.1 Å². The quantitative estimate of drug-likeness (QED) is 0.793. The van der Waals surface area contributed by atoms with Crippen molar-refractivity contribution in [2.45, 2.75) is 83.5 Å². The van der Waals surface area contributed by atoms with E-state index in [0.29, 0.717) is 35.9 Å². The lowest BCUT2D eigenvalue weighted by Gasteiger charge is -2.55. The molecule has 0 spiro atoms. The largest absolute Gasteiger partial charge is 0.387 e. The molecule has 170 valence electrons. The smallest absolute Gasteiger partial charge is 0.158 e. The number of fused-ring (bicyclic) bond motifs is 7. The van der Waals surface area contributed by atoms with Crippen LogP contribution in [0.2, 0.25) is 0 Å². The van der Waals surface area contributed by atoms with Gasteiger partial charge in [-0.2, -0.15) is 0 Å². The number of aryl methyl sites for hydroxylation is 1. The first kappa shape index (κ1) is 20.3. The number of aliphatic hydroxyl groups is 1. The van der Waals surface area contributed by atoms with Gasteiger partial charge in [-0.3, -0.25) is 4.79 Å². The Labute approximate surface area is 184 Å². The van der Waals surface area contributed by atoms with Gasteiger partial charge in [0.1, 0.15) is 12.4 Å². The Morgan fingerprint density at radius 3 is 2.58 bits per heavy atom.